The number of hydrogen-bond donors (Lipinski definition) is 2. The van der Waals surface area contributed by atoms with Gasteiger partial charge in [0.05, 0.1) is 5.69 Å². The van der Waals surface area contributed by atoms with Gasteiger partial charge in [0.2, 0.25) is 5.95 Å². The van der Waals surface area contributed by atoms with Crippen molar-refractivity contribution in [1.29, 1.82) is 0 Å². The Morgan fingerprint density at radius 2 is 2.00 bits per heavy atom. The first-order valence-electron chi connectivity index (χ1n) is 6.05. The van der Waals surface area contributed by atoms with E-state index in [-0.39, 0.29) is 0 Å². The van der Waals surface area contributed by atoms with Crippen LogP contribution in [0.4, 0.5) is 5.95 Å². The zero-order chi connectivity index (χ0) is 13.0. The molecule has 0 fully saturated rings. The Morgan fingerprint density at radius 3 is 2.72 bits per heavy atom. The molecule has 94 valence electrons. The number of anilines is 1. The highest BCUT2D eigenvalue weighted by Crippen LogP contribution is 2.20. The summed E-state index contributed by atoms with van der Waals surface area (Å²) in [7, 11) is 0. The van der Waals surface area contributed by atoms with Gasteiger partial charge in [0.1, 0.15) is 0 Å². The molecule has 3 N–H and O–H groups in total. The summed E-state index contributed by atoms with van der Waals surface area (Å²) in [6.45, 7) is 5.45. The molecule has 0 unspecified atom stereocenters. The average Bonchev–Trinajstić information content (AvgIpc) is 2.40. The molecular weight excluding hydrogens is 224 g/mol. The Hall–Kier alpha value is -1.94. The van der Waals surface area contributed by atoms with Crippen LogP contribution < -0.4 is 11.1 Å². The van der Waals surface area contributed by atoms with E-state index in [9.17, 15) is 0 Å². The number of rotatable bonds is 4. The van der Waals surface area contributed by atoms with Crippen molar-refractivity contribution in [2.24, 2.45) is 5.73 Å². The molecule has 0 amide bonds. The van der Waals surface area contributed by atoms with Crippen LogP contribution in [0.15, 0.2) is 30.5 Å². The molecule has 4 heteroatoms. The fourth-order valence-corrected chi connectivity index (χ4v) is 1.69. The van der Waals surface area contributed by atoms with Crippen molar-refractivity contribution in [2.75, 3.05) is 18.4 Å². The molecule has 0 aliphatic carbocycles. The van der Waals surface area contributed by atoms with Crippen LogP contribution in [-0.2, 0) is 0 Å². The second-order valence-electron chi connectivity index (χ2n) is 4.28. The first-order valence-corrected chi connectivity index (χ1v) is 6.05. The molecule has 0 spiro atoms. The molecule has 18 heavy (non-hydrogen) atoms. The van der Waals surface area contributed by atoms with Crippen LogP contribution in [0.25, 0.3) is 11.3 Å². The summed E-state index contributed by atoms with van der Waals surface area (Å²) in [4.78, 5) is 8.64. The molecule has 1 heterocycles. The van der Waals surface area contributed by atoms with E-state index in [1.807, 2.05) is 6.07 Å². The van der Waals surface area contributed by atoms with Gasteiger partial charge in [-0.3, -0.25) is 0 Å². The van der Waals surface area contributed by atoms with Crippen molar-refractivity contribution in [1.82, 2.24) is 9.97 Å². The van der Waals surface area contributed by atoms with E-state index in [0.29, 0.717) is 19.0 Å². The molecular formula is C14H18N4. The monoisotopic (exact) mass is 242 g/mol. The molecule has 0 saturated carbocycles. The van der Waals surface area contributed by atoms with Crippen molar-refractivity contribution in [3.63, 3.8) is 0 Å². The quantitative estimate of drug-likeness (QED) is 0.862. The van der Waals surface area contributed by atoms with Crippen LogP contribution in [0, 0.1) is 13.8 Å². The summed E-state index contributed by atoms with van der Waals surface area (Å²) in [6, 6.07) is 8.25. The molecule has 1 aromatic heterocycles. The van der Waals surface area contributed by atoms with E-state index < -0.39 is 0 Å². The Balaban J connectivity index is 2.29. The predicted octanol–water partition coefficient (Wildman–Crippen LogP) is 2.13. The molecule has 1 aromatic carbocycles. The third-order valence-electron chi connectivity index (χ3n) is 2.89. The maximum Gasteiger partial charge on any atom is 0.223 e. The Kier molecular flexibility index (Phi) is 3.89. The van der Waals surface area contributed by atoms with Crippen LogP contribution in [0.2, 0.25) is 0 Å². The molecule has 0 atom stereocenters. The lowest BCUT2D eigenvalue weighted by Crippen LogP contribution is -2.14. The van der Waals surface area contributed by atoms with Crippen LogP contribution in [-0.4, -0.2) is 23.1 Å². The van der Waals surface area contributed by atoms with Gasteiger partial charge in [0.15, 0.2) is 0 Å². The van der Waals surface area contributed by atoms with Gasteiger partial charge in [-0.05, 0) is 37.1 Å². The zero-order valence-corrected chi connectivity index (χ0v) is 10.8. The van der Waals surface area contributed by atoms with Crippen molar-refractivity contribution >= 4 is 5.95 Å². The van der Waals surface area contributed by atoms with Gasteiger partial charge in [0.25, 0.3) is 0 Å². The highest BCUT2D eigenvalue weighted by Gasteiger charge is 2.03. The van der Waals surface area contributed by atoms with Crippen LogP contribution in [0.1, 0.15) is 11.1 Å². The summed E-state index contributed by atoms with van der Waals surface area (Å²) in [5.41, 5.74) is 10.0. The van der Waals surface area contributed by atoms with Crippen molar-refractivity contribution in [3.05, 3.63) is 41.6 Å². The molecule has 2 rings (SSSR count). The molecule has 0 radical (unpaired) electrons. The summed E-state index contributed by atoms with van der Waals surface area (Å²) >= 11 is 0. The van der Waals surface area contributed by atoms with Gasteiger partial charge in [-0.1, -0.05) is 12.1 Å². The number of hydrogen-bond acceptors (Lipinski definition) is 4. The summed E-state index contributed by atoms with van der Waals surface area (Å²) in [5, 5.41) is 3.08. The molecule has 0 aliphatic rings. The Morgan fingerprint density at radius 1 is 1.17 bits per heavy atom. The maximum absolute atomic E-state index is 5.44. The lowest BCUT2D eigenvalue weighted by molar-refractivity contribution is 0.990. The van der Waals surface area contributed by atoms with E-state index in [2.05, 4.69) is 47.3 Å². The number of nitrogens with zero attached hydrogens (tertiary/aromatic N) is 2. The van der Waals surface area contributed by atoms with Crippen molar-refractivity contribution in [2.45, 2.75) is 13.8 Å². The highest BCUT2D eigenvalue weighted by atomic mass is 15.1. The van der Waals surface area contributed by atoms with Crippen molar-refractivity contribution in [3.8, 4) is 11.3 Å². The molecule has 0 bridgehead atoms. The van der Waals surface area contributed by atoms with Crippen molar-refractivity contribution < 1.29 is 0 Å². The smallest absolute Gasteiger partial charge is 0.223 e. The zero-order valence-electron chi connectivity index (χ0n) is 10.8. The SMILES string of the molecule is Cc1ccc(-c2ccnc(NCCN)n2)cc1C. The normalized spacial score (nSPS) is 10.4. The second-order valence-corrected chi connectivity index (χ2v) is 4.28. The van der Waals surface area contributed by atoms with Gasteiger partial charge < -0.3 is 11.1 Å². The Labute approximate surface area is 107 Å². The minimum absolute atomic E-state index is 0.567. The second kappa shape index (κ2) is 5.60. The van der Waals surface area contributed by atoms with Gasteiger partial charge in [-0.15, -0.1) is 0 Å². The number of aromatic nitrogens is 2. The average molecular weight is 242 g/mol. The number of nitrogens with one attached hydrogen (secondary N) is 1. The van der Waals surface area contributed by atoms with Crippen LogP contribution >= 0.6 is 0 Å². The third kappa shape index (κ3) is 2.84. The fraction of sp³-hybridized carbons (Fsp3) is 0.286. The largest absolute Gasteiger partial charge is 0.353 e. The minimum atomic E-state index is 0.567. The topological polar surface area (TPSA) is 63.8 Å². The van der Waals surface area contributed by atoms with E-state index in [1.54, 1.807) is 6.20 Å². The van der Waals surface area contributed by atoms with Crippen LogP contribution in [0.3, 0.4) is 0 Å². The summed E-state index contributed by atoms with van der Waals surface area (Å²) in [5.74, 6) is 0.621. The standard InChI is InChI=1S/C14H18N4/c1-10-3-4-12(9-11(10)2)13-5-7-16-14(18-13)17-8-6-15/h3-5,7,9H,6,8,15H2,1-2H3,(H,16,17,18). The fourth-order valence-electron chi connectivity index (χ4n) is 1.69. The summed E-state index contributed by atoms with van der Waals surface area (Å²) in [6.07, 6.45) is 1.76. The first kappa shape index (κ1) is 12.5. The summed E-state index contributed by atoms with van der Waals surface area (Å²) < 4.78 is 0. The minimum Gasteiger partial charge on any atom is -0.353 e. The lowest BCUT2D eigenvalue weighted by Gasteiger charge is -2.07. The van der Waals surface area contributed by atoms with Crippen LogP contribution in [0.5, 0.6) is 0 Å². The Bertz CT molecular complexity index is 537. The molecule has 2 aromatic rings. The molecule has 0 saturated heterocycles. The van der Waals surface area contributed by atoms with E-state index in [0.717, 1.165) is 11.3 Å². The predicted molar refractivity (Wildman–Crippen MR) is 74.5 cm³/mol. The number of nitrogens with two attached hydrogens (primary N) is 1. The number of aryl methyl sites for hydroxylation is 2. The lowest BCUT2D eigenvalue weighted by atomic mass is 10.0. The maximum atomic E-state index is 5.44. The van der Waals surface area contributed by atoms with Gasteiger partial charge in [-0.25, -0.2) is 9.97 Å². The third-order valence-corrected chi connectivity index (χ3v) is 2.89. The molecule has 4 nitrogen and oxygen atoms in total. The van der Waals surface area contributed by atoms with E-state index in [1.165, 1.54) is 11.1 Å². The van der Waals surface area contributed by atoms with Gasteiger partial charge in [0, 0.05) is 24.8 Å². The van der Waals surface area contributed by atoms with E-state index in [4.69, 9.17) is 5.73 Å². The highest BCUT2D eigenvalue weighted by molar-refractivity contribution is 5.61. The van der Waals surface area contributed by atoms with E-state index >= 15 is 0 Å². The first-order chi connectivity index (χ1) is 8.70. The van der Waals surface area contributed by atoms with Gasteiger partial charge >= 0.3 is 0 Å². The molecule has 0 aliphatic heterocycles. The van der Waals surface area contributed by atoms with Gasteiger partial charge in [-0.2, -0.15) is 0 Å². The number of benzene rings is 1.